The number of aliphatic carboxylic acids is 1. The number of carboxylic acids is 1. The molecule has 5 heteroatoms. The molecule has 1 aliphatic carbocycles. The number of benzene rings is 1. The summed E-state index contributed by atoms with van der Waals surface area (Å²) in [6.07, 6.45) is 4.62. The van der Waals surface area contributed by atoms with Gasteiger partial charge in [-0.15, -0.1) is 0 Å². The molecule has 1 aliphatic rings. The van der Waals surface area contributed by atoms with Crippen LogP contribution in [0.5, 0.6) is 11.5 Å². The molecule has 0 aliphatic heterocycles. The van der Waals surface area contributed by atoms with E-state index in [0.717, 1.165) is 32.1 Å². The van der Waals surface area contributed by atoms with Gasteiger partial charge >= 0.3 is 5.97 Å². The van der Waals surface area contributed by atoms with Crippen molar-refractivity contribution < 1.29 is 24.2 Å². The van der Waals surface area contributed by atoms with Crippen molar-refractivity contribution in [3.05, 3.63) is 23.8 Å². The molecule has 5 nitrogen and oxygen atoms in total. The van der Waals surface area contributed by atoms with Crippen LogP contribution < -0.4 is 9.47 Å². The molecule has 0 saturated heterocycles. The smallest absolute Gasteiger partial charge is 0.314 e. The van der Waals surface area contributed by atoms with Gasteiger partial charge in [0.1, 0.15) is 23.0 Å². The number of ether oxygens (including phenoxy) is 2. The van der Waals surface area contributed by atoms with Gasteiger partial charge in [0.25, 0.3) is 0 Å². The topological polar surface area (TPSA) is 72.8 Å². The lowest BCUT2D eigenvalue weighted by Crippen LogP contribution is -2.33. The molecule has 0 spiro atoms. The fourth-order valence-corrected chi connectivity index (χ4v) is 3.24. The van der Waals surface area contributed by atoms with E-state index in [1.807, 2.05) is 0 Å². The molecule has 120 valence electrons. The van der Waals surface area contributed by atoms with Crippen molar-refractivity contribution in [2.45, 2.75) is 32.1 Å². The average molecular weight is 306 g/mol. The van der Waals surface area contributed by atoms with Crippen molar-refractivity contribution >= 4 is 11.8 Å². The van der Waals surface area contributed by atoms with Gasteiger partial charge in [-0.1, -0.05) is 25.3 Å². The van der Waals surface area contributed by atoms with Crippen LogP contribution in [0, 0.1) is 11.8 Å². The molecule has 0 bridgehead atoms. The van der Waals surface area contributed by atoms with Gasteiger partial charge in [0.05, 0.1) is 14.2 Å². The molecular formula is C17H22O5. The van der Waals surface area contributed by atoms with Gasteiger partial charge in [0.15, 0.2) is 5.78 Å². The Morgan fingerprint density at radius 2 is 1.64 bits per heavy atom. The Kier molecular flexibility index (Phi) is 5.41. The number of rotatable bonds is 6. The largest absolute Gasteiger partial charge is 0.496 e. The third kappa shape index (κ3) is 3.24. The van der Waals surface area contributed by atoms with Gasteiger partial charge in [0.2, 0.25) is 0 Å². The molecular weight excluding hydrogens is 284 g/mol. The summed E-state index contributed by atoms with van der Waals surface area (Å²) in [5.74, 6) is -1.93. The molecule has 22 heavy (non-hydrogen) atoms. The van der Waals surface area contributed by atoms with E-state index in [1.54, 1.807) is 18.2 Å². The minimum atomic E-state index is -1.06. The highest BCUT2D eigenvalue weighted by molar-refractivity contribution is 6.11. The van der Waals surface area contributed by atoms with Crippen molar-refractivity contribution in [2.75, 3.05) is 14.2 Å². The summed E-state index contributed by atoms with van der Waals surface area (Å²) in [5, 5.41) is 9.58. The van der Waals surface area contributed by atoms with Crippen LogP contribution in [0.15, 0.2) is 18.2 Å². The van der Waals surface area contributed by atoms with E-state index in [4.69, 9.17) is 9.47 Å². The van der Waals surface area contributed by atoms with Crippen LogP contribution >= 0.6 is 0 Å². The zero-order valence-corrected chi connectivity index (χ0v) is 13.0. The molecule has 1 fully saturated rings. The lowest BCUT2D eigenvalue weighted by molar-refractivity contribution is -0.142. The molecule has 1 atom stereocenters. The standard InChI is InChI=1S/C17H22O5/c1-21-12-9-6-10-13(22-2)15(12)16(18)14(17(19)20)11-7-4-3-5-8-11/h6,9-11,14H,3-5,7-8H2,1-2H3,(H,19,20). The maximum absolute atomic E-state index is 12.9. The van der Waals surface area contributed by atoms with E-state index in [2.05, 4.69) is 0 Å². The minimum absolute atomic E-state index is 0.117. The quantitative estimate of drug-likeness (QED) is 0.645. The number of carboxylic acid groups (broad SMARTS) is 1. The number of Topliss-reactive ketones (excluding diaryl/α,β-unsaturated/α-hetero) is 1. The fraction of sp³-hybridized carbons (Fsp3) is 0.529. The van der Waals surface area contributed by atoms with Crippen molar-refractivity contribution in [1.29, 1.82) is 0 Å². The van der Waals surface area contributed by atoms with Crippen molar-refractivity contribution in [3.8, 4) is 11.5 Å². The molecule has 0 aromatic heterocycles. The molecule has 1 aromatic carbocycles. The highest BCUT2D eigenvalue weighted by Gasteiger charge is 2.38. The Balaban J connectivity index is 2.40. The maximum atomic E-state index is 12.9. The number of methoxy groups -OCH3 is 2. The van der Waals surface area contributed by atoms with Crippen molar-refractivity contribution in [1.82, 2.24) is 0 Å². The van der Waals surface area contributed by atoms with Gasteiger partial charge < -0.3 is 14.6 Å². The lowest BCUT2D eigenvalue weighted by atomic mass is 9.76. The summed E-state index contributed by atoms with van der Waals surface area (Å²) in [7, 11) is 2.92. The highest BCUT2D eigenvalue weighted by atomic mass is 16.5. The van der Waals surface area contributed by atoms with Gasteiger partial charge in [0, 0.05) is 0 Å². The normalized spacial score (nSPS) is 16.8. The van der Waals surface area contributed by atoms with Crippen LogP contribution in [0.4, 0.5) is 0 Å². The number of carbonyl (C=O) groups is 2. The minimum Gasteiger partial charge on any atom is -0.496 e. The molecule has 1 unspecified atom stereocenters. The first-order valence-corrected chi connectivity index (χ1v) is 7.58. The SMILES string of the molecule is COc1cccc(OC)c1C(=O)C(C(=O)O)C1CCCCC1. The van der Waals surface area contributed by atoms with Crippen LogP contribution in [-0.2, 0) is 4.79 Å². The first kappa shape index (κ1) is 16.3. The Morgan fingerprint density at radius 3 is 2.09 bits per heavy atom. The Labute approximate surface area is 130 Å². The zero-order chi connectivity index (χ0) is 16.1. The summed E-state index contributed by atoms with van der Waals surface area (Å²) < 4.78 is 10.5. The van der Waals surface area contributed by atoms with Crippen LogP contribution in [-0.4, -0.2) is 31.1 Å². The van der Waals surface area contributed by atoms with Crippen LogP contribution in [0.3, 0.4) is 0 Å². The average Bonchev–Trinajstić information content (AvgIpc) is 2.54. The summed E-state index contributed by atoms with van der Waals surface area (Å²) in [5.41, 5.74) is 0.227. The first-order chi connectivity index (χ1) is 10.6. The van der Waals surface area contributed by atoms with E-state index >= 15 is 0 Å². The zero-order valence-electron chi connectivity index (χ0n) is 13.0. The van der Waals surface area contributed by atoms with Crippen molar-refractivity contribution in [3.63, 3.8) is 0 Å². The predicted octanol–water partition coefficient (Wildman–Crippen LogP) is 3.17. The highest BCUT2D eigenvalue weighted by Crippen LogP contribution is 2.37. The molecule has 1 saturated carbocycles. The van der Waals surface area contributed by atoms with E-state index in [0.29, 0.717) is 11.5 Å². The van der Waals surface area contributed by atoms with E-state index in [9.17, 15) is 14.7 Å². The summed E-state index contributed by atoms with van der Waals surface area (Å²) >= 11 is 0. The molecule has 0 amide bonds. The summed E-state index contributed by atoms with van der Waals surface area (Å²) in [6, 6.07) is 5.01. The number of hydrogen-bond donors (Lipinski definition) is 1. The second kappa shape index (κ2) is 7.29. The Hall–Kier alpha value is -2.04. The van der Waals surface area contributed by atoms with Gasteiger partial charge in [-0.05, 0) is 30.9 Å². The van der Waals surface area contributed by atoms with E-state index in [1.165, 1.54) is 14.2 Å². The fourth-order valence-electron chi connectivity index (χ4n) is 3.24. The van der Waals surface area contributed by atoms with E-state index < -0.39 is 17.7 Å². The number of ketones is 1. The second-order valence-corrected chi connectivity index (χ2v) is 5.62. The molecule has 1 N–H and O–H groups in total. The van der Waals surface area contributed by atoms with Gasteiger partial charge in [-0.2, -0.15) is 0 Å². The van der Waals surface area contributed by atoms with E-state index in [-0.39, 0.29) is 11.5 Å². The number of carbonyl (C=O) groups excluding carboxylic acids is 1. The molecule has 2 rings (SSSR count). The molecule has 1 aromatic rings. The third-order valence-corrected chi connectivity index (χ3v) is 4.34. The van der Waals surface area contributed by atoms with Gasteiger partial charge in [-0.3, -0.25) is 9.59 Å². The Bertz CT molecular complexity index is 524. The van der Waals surface area contributed by atoms with Crippen molar-refractivity contribution in [2.24, 2.45) is 11.8 Å². The van der Waals surface area contributed by atoms with Crippen LogP contribution in [0.1, 0.15) is 42.5 Å². The summed E-state index contributed by atoms with van der Waals surface area (Å²) in [6.45, 7) is 0. The monoisotopic (exact) mass is 306 g/mol. The second-order valence-electron chi connectivity index (χ2n) is 5.62. The maximum Gasteiger partial charge on any atom is 0.314 e. The van der Waals surface area contributed by atoms with Crippen LogP contribution in [0.25, 0.3) is 0 Å². The molecule has 0 heterocycles. The molecule has 0 radical (unpaired) electrons. The van der Waals surface area contributed by atoms with Crippen LogP contribution in [0.2, 0.25) is 0 Å². The third-order valence-electron chi connectivity index (χ3n) is 4.34. The Morgan fingerprint density at radius 1 is 1.09 bits per heavy atom. The lowest BCUT2D eigenvalue weighted by Gasteiger charge is -2.27. The summed E-state index contributed by atoms with van der Waals surface area (Å²) in [4.78, 5) is 24.6. The number of hydrogen-bond acceptors (Lipinski definition) is 4. The first-order valence-electron chi connectivity index (χ1n) is 7.58. The van der Waals surface area contributed by atoms with Gasteiger partial charge in [-0.25, -0.2) is 0 Å². The predicted molar refractivity (Wildman–Crippen MR) is 81.6 cm³/mol.